The summed E-state index contributed by atoms with van der Waals surface area (Å²) in [7, 11) is 1.54. The number of carbonyl (C=O) groups is 1. The zero-order chi connectivity index (χ0) is 12.1. The Morgan fingerprint density at radius 3 is 2.56 bits per heavy atom. The number of thiophene rings is 1. The second kappa shape index (κ2) is 6.01. The van der Waals surface area contributed by atoms with E-state index in [9.17, 15) is 4.79 Å². The molecule has 0 aromatic carbocycles. The van der Waals surface area contributed by atoms with Crippen molar-refractivity contribution in [2.45, 2.75) is 32.9 Å². The summed E-state index contributed by atoms with van der Waals surface area (Å²) in [6.07, 6.45) is -0.402. The van der Waals surface area contributed by atoms with Crippen LogP contribution < -0.4 is 5.32 Å². The second-order valence-corrected chi connectivity index (χ2v) is 5.10. The van der Waals surface area contributed by atoms with Gasteiger partial charge in [0.2, 0.25) is 5.91 Å². The van der Waals surface area contributed by atoms with E-state index in [0.717, 1.165) is 0 Å². The van der Waals surface area contributed by atoms with Crippen molar-refractivity contribution in [3.63, 3.8) is 0 Å². The van der Waals surface area contributed by atoms with Gasteiger partial charge in [-0.2, -0.15) is 0 Å². The van der Waals surface area contributed by atoms with E-state index in [1.165, 1.54) is 4.88 Å². The minimum Gasteiger partial charge on any atom is -0.372 e. The Bertz CT molecular complexity index is 322. The highest BCUT2D eigenvalue weighted by Crippen LogP contribution is 2.25. The minimum absolute atomic E-state index is 0.0606. The average Bonchev–Trinajstić information content (AvgIpc) is 2.76. The molecule has 1 N–H and O–H groups in total. The van der Waals surface area contributed by atoms with Crippen LogP contribution in [-0.4, -0.2) is 19.1 Å². The van der Waals surface area contributed by atoms with Crippen LogP contribution >= 0.6 is 11.3 Å². The maximum atomic E-state index is 11.8. The molecule has 16 heavy (non-hydrogen) atoms. The molecule has 0 saturated carbocycles. The molecule has 0 spiro atoms. The zero-order valence-electron chi connectivity index (χ0n) is 10.2. The molecule has 3 nitrogen and oxygen atoms in total. The van der Waals surface area contributed by atoms with Crippen molar-refractivity contribution in [1.29, 1.82) is 0 Å². The van der Waals surface area contributed by atoms with E-state index in [2.05, 4.69) is 19.2 Å². The number of methoxy groups -OCH3 is 1. The number of amides is 1. The van der Waals surface area contributed by atoms with E-state index in [4.69, 9.17) is 4.74 Å². The summed E-state index contributed by atoms with van der Waals surface area (Å²) in [5, 5.41) is 5.04. The number of nitrogens with one attached hydrogen (secondary N) is 1. The Hall–Kier alpha value is -0.870. The third kappa shape index (κ3) is 3.32. The first kappa shape index (κ1) is 13.2. The van der Waals surface area contributed by atoms with Crippen molar-refractivity contribution < 1.29 is 9.53 Å². The Morgan fingerprint density at radius 2 is 2.12 bits per heavy atom. The summed E-state index contributed by atoms with van der Waals surface area (Å²) in [4.78, 5) is 12.9. The second-order valence-electron chi connectivity index (χ2n) is 4.12. The van der Waals surface area contributed by atoms with E-state index in [1.807, 2.05) is 17.5 Å². The maximum absolute atomic E-state index is 11.8. The lowest BCUT2D eigenvalue weighted by molar-refractivity contribution is -0.131. The van der Waals surface area contributed by atoms with Gasteiger partial charge in [-0.1, -0.05) is 19.9 Å². The highest BCUT2D eigenvalue weighted by Gasteiger charge is 2.21. The molecular weight excluding hydrogens is 222 g/mol. The maximum Gasteiger partial charge on any atom is 0.249 e. The molecule has 0 aliphatic carbocycles. The molecule has 90 valence electrons. The Morgan fingerprint density at radius 1 is 1.44 bits per heavy atom. The molecule has 1 aromatic heterocycles. The summed E-state index contributed by atoms with van der Waals surface area (Å²) in [6, 6.07) is 4.12. The fraction of sp³-hybridized carbons (Fsp3) is 0.583. The molecular formula is C12H19NO2S. The molecule has 1 rings (SSSR count). The van der Waals surface area contributed by atoms with Crippen molar-refractivity contribution >= 4 is 17.2 Å². The average molecular weight is 241 g/mol. The first-order chi connectivity index (χ1) is 7.56. The topological polar surface area (TPSA) is 38.3 Å². The Kier molecular flexibility index (Phi) is 4.96. The van der Waals surface area contributed by atoms with E-state index in [0.29, 0.717) is 5.92 Å². The third-order valence-electron chi connectivity index (χ3n) is 2.54. The lowest BCUT2D eigenvalue weighted by atomic mass is 10.0. The van der Waals surface area contributed by atoms with Crippen molar-refractivity contribution in [1.82, 2.24) is 5.32 Å². The van der Waals surface area contributed by atoms with E-state index >= 15 is 0 Å². The van der Waals surface area contributed by atoms with Crippen molar-refractivity contribution in [3.05, 3.63) is 22.4 Å². The van der Waals surface area contributed by atoms with Gasteiger partial charge < -0.3 is 10.1 Å². The molecule has 1 heterocycles. The van der Waals surface area contributed by atoms with Gasteiger partial charge in [0.1, 0.15) is 6.10 Å². The molecule has 1 amide bonds. The lowest BCUT2D eigenvalue weighted by Gasteiger charge is -2.22. The summed E-state index contributed by atoms with van der Waals surface area (Å²) in [5.41, 5.74) is 0. The van der Waals surface area contributed by atoms with Crippen molar-refractivity contribution in [3.8, 4) is 0 Å². The summed E-state index contributed by atoms with van der Waals surface area (Å²) in [6.45, 7) is 5.95. The summed E-state index contributed by atoms with van der Waals surface area (Å²) >= 11 is 1.67. The smallest absolute Gasteiger partial charge is 0.249 e. The van der Waals surface area contributed by atoms with Gasteiger partial charge in [-0.3, -0.25) is 4.79 Å². The normalized spacial score (nSPS) is 14.8. The van der Waals surface area contributed by atoms with Crippen LogP contribution in [0.2, 0.25) is 0 Å². The Balaban J connectivity index is 2.70. The van der Waals surface area contributed by atoms with Gasteiger partial charge in [0.15, 0.2) is 0 Å². The molecule has 1 aromatic rings. The van der Waals surface area contributed by atoms with Gasteiger partial charge in [0, 0.05) is 12.0 Å². The van der Waals surface area contributed by atoms with Crippen molar-refractivity contribution in [2.75, 3.05) is 7.11 Å². The molecule has 0 fully saturated rings. The highest BCUT2D eigenvalue weighted by molar-refractivity contribution is 7.10. The largest absolute Gasteiger partial charge is 0.372 e. The molecule has 0 radical (unpaired) electrons. The van der Waals surface area contributed by atoms with Crippen LogP contribution in [0.1, 0.15) is 31.7 Å². The van der Waals surface area contributed by atoms with Gasteiger partial charge in [0.05, 0.1) is 6.04 Å². The van der Waals surface area contributed by atoms with E-state index < -0.39 is 6.10 Å². The van der Waals surface area contributed by atoms with Crippen LogP contribution in [0.5, 0.6) is 0 Å². The van der Waals surface area contributed by atoms with Crippen LogP contribution in [-0.2, 0) is 9.53 Å². The number of rotatable bonds is 5. The van der Waals surface area contributed by atoms with Crippen LogP contribution in [0.15, 0.2) is 17.5 Å². The zero-order valence-corrected chi connectivity index (χ0v) is 11.0. The fourth-order valence-corrected chi connectivity index (χ4v) is 2.36. The summed E-state index contributed by atoms with van der Waals surface area (Å²) < 4.78 is 5.00. The van der Waals surface area contributed by atoms with Crippen LogP contribution in [0, 0.1) is 5.92 Å². The predicted molar refractivity (Wildman–Crippen MR) is 66.5 cm³/mol. The van der Waals surface area contributed by atoms with Gasteiger partial charge in [-0.05, 0) is 24.3 Å². The highest BCUT2D eigenvalue weighted by atomic mass is 32.1. The Labute approximate surface area is 101 Å². The summed E-state index contributed by atoms with van der Waals surface area (Å²) in [5.74, 6) is 0.307. The molecule has 0 aliphatic rings. The molecule has 0 aliphatic heterocycles. The standard InChI is InChI=1S/C12H19NO2S/c1-8(2)11(10-6-5-7-16-10)13-12(14)9(3)15-4/h5-9,11H,1-4H3,(H,13,14). The minimum atomic E-state index is -0.402. The van der Waals surface area contributed by atoms with E-state index in [1.54, 1.807) is 25.4 Å². The van der Waals surface area contributed by atoms with Crippen molar-refractivity contribution in [2.24, 2.45) is 5.92 Å². The molecule has 0 saturated heterocycles. The van der Waals surface area contributed by atoms with Gasteiger partial charge >= 0.3 is 0 Å². The fourth-order valence-electron chi connectivity index (χ4n) is 1.41. The SMILES string of the molecule is COC(C)C(=O)NC(c1cccs1)C(C)C. The van der Waals surface area contributed by atoms with Crippen LogP contribution in [0.4, 0.5) is 0 Å². The predicted octanol–water partition coefficient (Wildman–Crippen LogP) is 2.60. The van der Waals surface area contributed by atoms with Gasteiger partial charge in [-0.15, -0.1) is 11.3 Å². The van der Waals surface area contributed by atoms with Crippen LogP contribution in [0.3, 0.4) is 0 Å². The molecule has 4 heteroatoms. The quantitative estimate of drug-likeness (QED) is 0.860. The number of ether oxygens (including phenoxy) is 1. The molecule has 0 bridgehead atoms. The molecule has 2 unspecified atom stereocenters. The van der Waals surface area contributed by atoms with Gasteiger partial charge in [0.25, 0.3) is 0 Å². The van der Waals surface area contributed by atoms with Crippen LogP contribution in [0.25, 0.3) is 0 Å². The first-order valence-corrected chi connectivity index (χ1v) is 6.30. The first-order valence-electron chi connectivity index (χ1n) is 5.42. The number of carbonyl (C=O) groups excluding carboxylic acids is 1. The number of hydrogen-bond acceptors (Lipinski definition) is 3. The van der Waals surface area contributed by atoms with E-state index in [-0.39, 0.29) is 11.9 Å². The van der Waals surface area contributed by atoms with Gasteiger partial charge in [-0.25, -0.2) is 0 Å². The monoisotopic (exact) mass is 241 g/mol. The molecule has 2 atom stereocenters. The third-order valence-corrected chi connectivity index (χ3v) is 3.49. The lowest BCUT2D eigenvalue weighted by Crippen LogP contribution is -2.38. The number of hydrogen-bond donors (Lipinski definition) is 1.